The Morgan fingerprint density at radius 1 is 1.10 bits per heavy atom. The fourth-order valence-electron chi connectivity index (χ4n) is 1.65. The van der Waals surface area contributed by atoms with Crippen molar-refractivity contribution in [1.29, 1.82) is 0 Å². The molecule has 6 heteroatoms. The SMILES string of the molecule is COCCOCC(=O)N(CC(=O)OC)Cc1ccccc1. The van der Waals surface area contributed by atoms with Gasteiger partial charge in [0.05, 0.1) is 20.3 Å². The Bertz CT molecular complexity index is 435. The van der Waals surface area contributed by atoms with E-state index in [2.05, 4.69) is 4.74 Å². The molecule has 0 unspecified atom stereocenters. The molecule has 1 rings (SSSR count). The average Bonchev–Trinajstić information content (AvgIpc) is 2.51. The molecular weight excluding hydrogens is 274 g/mol. The second-order valence-electron chi connectivity index (χ2n) is 4.36. The second kappa shape index (κ2) is 9.90. The maximum atomic E-state index is 12.1. The number of ether oxygens (including phenoxy) is 3. The summed E-state index contributed by atoms with van der Waals surface area (Å²) in [6, 6.07) is 9.44. The van der Waals surface area contributed by atoms with Crippen molar-refractivity contribution in [2.75, 3.05) is 40.6 Å². The van der Waals surface area contributed by atoms with Crippen LogP contribution in [0.2, 0.25) is 0 Å². The molecular formula is C15H21NO5. The van der Waals surface area contributed by atoms with Gasteiger partial charge in [-0.2, -0.15) is 0 Å². The molecule has 0 fully saturated rings. The van der Waals surface area contributed by atoms with Gasteiger partial charge in [0.1, 0.15) is 13.2 Å². The van der Waals surface area contributed by atoms with Crippen LogP contribution in [0.1, 0.15) is 5.56 Å². The smallest absolute Gasteiger partial charge is 0.325 e. The molecule has 0 saturated heterocycles. The lowest BCUT2D eigenvalue weighted by atomic mass is 10.2. The van der Waals surface area contributed by atoms with Crippen LogP contribution in [0.5, 0.6) is 0 Å². The van der Waals surface area contributed by atoms with Gasteiger partial charge in [0.25, 0.3) is 0 Å². The van der Waals surface area contributed by atoms with Crippen molar-refractivity contribution in [3.8, 4) is 0 Å². The van der Waals surface area contributed by atoms with Gasteiger partial charge in [-0.15, -0.1) is 0 Å². The molecule has 6 nitrogen and oxygen atoms in total. The summed E-state index contributed by atoms with van der Waals surface area (Å²) in [4.78, 5) is 24.9. The summed E-state index contributed by atoms with van der Waals surface area (Å²) in [6.45, 7) is 0.899. The lowest BCUT2D eigenvalue weighted by Gasteiger charge is -2.21. The van der Waals surface area contributed by atoms with E-state index < -0.39 is 5.97 Å². The Morgan fingerprint density at radius 3 is 2.43 bits per heavy atom. The number of hydrogen-bond acceptors (Lipinski definition) is 5. The molecule has 0 aliphatic heterocycles. The fourth-order valence-corrected chi connectivity index (χ4v) is 1.65. The number of rotatable bonds is 9. The van der Waals surface area contributed by atoms with E-state index in [1.54, 1.807) is 7.11 Å². The van der Waals surface area contributed by atoms with Crippen LogP contribution in [0.15, 0.2) is 30.3 Å². The van der Waals surface area contributed by atoms with Gasteiger partial charge in [-0.1, -0.05) is 30.3 Å². The molecule has 0 heterocycles. The number of hydrogen-bond donors (Lipinski definition) is 0. The van der Waals surface area contributed by atoms with Gasteiger partial charge in [-0.05, 0) is 5.56 Å². The van der Waals surface area contributed by atoms with E-state index in [4.69, 9.17) is 9.47 Å². The Morgan fingerprint density at radius 2 is 1.81 bits per heavy atom. The number of benzene rings is 1. The first-order valence-electron chi connectivity index (χ1n) is 6.62. The van der Waals surface area contributed by atoms with E-state index in [0.717, 1.165) is 5.56 Å². The molecule has 1 aromatic rings. The van der Waals surface area contributed by atoms with Crippen LogP contribution in [0, 0.1) is 0 Å². The first-order valence-corrected chi connectivity index (χ1v) is 6.62. The van der Waals surface area contributed by atoms with Crippen molar-refractivity contribution in [3.05, 3.63) is 35.9 Å². The quantitative estimate of drug-likeness (QED) is 0.499. The second-order valence-corrected chi connectivity index (χ2v) is 4.36. The van der Waals surface area contributed by atoms with E-state index in [1.165, 1.54) is 12.0 Å². The standard InChI is InChI=1S/C15H21NO5/c1-19-8-9-21-12-14(17)16(11-15(18)20-2)10-13-6-4-3-5-7-13/h3-7H,8-12H2,1-2H3. The third-order valence-electron chi connectivity index (χ3n) is 2.77. The van der Waals surface area contributed by atoms with Gasteiger partial charge in [0.15, 0.2) is 0 Å². The maximum Gasteiger partial charge on any atom is 0.325 e. The molecule has 0 aliphatic carbocycles. The Kier molecular flexibility index (Phi) is 8.08. The molecule has 0 saturated carbocycles. The molecule has 0 N–H and O–H groups in total. The molecule has 1 amide bonds. The van der Waals surface area contributed by atoms with E-state index in [0.29, 0.717) is 19.8 Å². The summed E-state index contributed by atoms with van der Waals surface area (Å²) >= 11 is 0. The molecule has 0 aliphatic rings. The first kappa shape index (κ1) is 17.1. The molecule has 0 spiro atoms. The van der Waals surface area contributed by atoms with Gasteiger partial charge in [0.2, 0.25) is 5.91 Å². The Labute approximate surface area is 124 Å². The number of amides is 1. The van der Waals surface area contributed by atoms with Gasteiger partial charge in [-0.3, -0.25) is 9.59 Å². The van der Waals surface area contributed by atoms with Crippen molar-refractivity contribution in [2.24, 2.45) is 0 Å². The Balaban J connectivity index is 2.58. The van der Waals surface area contributed by atoms with Gasteiger partial charge >= 0.3 is 5.97 Å². The van der Waals surface area contributed by atoms with Crippen LogP contribution < -0.4 is 0 Å². The van der Waals surface area contributed by atoms with E-state index in [-0.39, 0.29) is 19.1 Å². The fraction of sp³-hybridized carbons (Fsp3) is 0.467. The van der Waals surface area contributed by atoms with Crippen LogP contribution in [0.3, 0.4) is 0 Å². The van der Waals surface area contributed by atoms with Crippen molar-refractivity contribution >= 4 is 11.9 Å². The summed E-state index contributed by atoms with van der Waals surface area (Å²) in [5, 5.41) is 0. The molecule has 0 radical (unpaired) electrons. The van der Waals surface area contributed by atoms with Crippen LogP contribution in [0.25, 0.3) is 0 Å². The van der Waals surface area contributed by atoms with E-state index in [1.807, 2.05) is 30.3 Å². The topological polar surface area (TPSA) is 65.1 Å². The molecule has 0 atom stereocenters. The molecule has 1 aromatic carbocycles. The largest absolute Gasteiger partial charge is 0.468 e. The summed E-state index contributed by atoms with van der Waals surface area (Å²) in [5.74, 6) is -0.725. The third kappa shape index (κ3) is 6.87. The summed E-state index contributed by atoms with van der Waals surface area (Å²) in [6.07, 6.45) is 0. The highest BCUT2D eigenvalue weighted by atomic mass is 16.5. The average molecular weight is 295 g/mol. The summed E-state index contributed by atoms with van der Waals surface area (Å²) in [7, 11) is 2.85. The normalized spacial score (nSPS) is 10.2. The van der Waals surface area contributed by atoms with Gasteiger partial charge in [-0.25, -0.2) is 0 Å². The zero-order valence-electron chi connectivity index (χ0n) is 12.4. The Hall–Kier alpha value is -1.92. The summed E-state index contributed by atoms with van der Waals surface area (Å²) < 4.78 is 14.7. The molecule has 0 bridgehead atoms. The summed E-state index contributed by atoms with van der Waals surface area (Å²) in [5.41, 5.74) is 0.937. The number of carbonyl (C=O) groups is 2. The highest BCUT2D eigenvalue weighted by molar-refractivity contribution is 5.82. The van der Waals surface area contributed by atoms with Gasteiger partial charge in [0, 0.05) is 13.7 Å². The van der Waals surface area contributed by atoms with Gasteiger partial charge < -0.3 is 19.1 Å². The van der Waals surface area contributed by atoms with Crippen LogP contribution >= 0.6 is 0 Å². The molecule has 0 aromatic heterocycles. The predicted octanol–water partition coefficient (Wildman–Crippen LogP) is 0.851. The zero-order valence-corrected chi connectivity index (χ0v) is 12.4. The number of carbonyl (C=O) groups excluding carboxylic acids is 2. The minimum Gasteiger partial charge on any atom is -0.468 e. The van der Waals surface area contributed by atoms with Crippen LogP contribution in [-0.2, 0) is 30.3 Å². The van der Waals surface area contributed by atoms with Crippen molar-refractivity contribution in [1.82, 2.24) is 4.90 Å². The number of nitrogens with zero attached hydrogens (tertiary/aromatic N) is 1. The minimum atomic E-state index is -0.462. The highest BCUT2D eigenvalue weighted by Gasteiger charge is 2.18. The van der Waals surface area contributed by atoms with E-state index in [9.17, 15) is 9.59 Å². The molecule has 116 valence electrons. The maximum absolute atomic E-state index is 12.1. The van der Waals surface area contributed by atoms with E-state index >= 15 is 0 Å². The lowest BCUT2D eigenvalue weighted by molar-refractivity contribution is -0.149. The lowest BCUT2D eigenvalue weighted by Crippen LogP contribution is -2.38. The van der Waals surface area contributed by atoms with Crippen molar-refractivity contribution < 1.29 is 23.8 Å². The highest BCUT2D eigenvalue weighted by Crippen LogP contribution is 2.05. The van der Waals surface area contributed by atoms with Crippen molar-refractivity contribution in [2.45, 2.75) is 6.54 Å². The third-order valence-corrected chi connectivity index (χ3v) is 2.77. The minimum absolute atomic E-state index is 0.0901. The monoisotopic (exact) mass is 295 g/mol. The van der Waals surface area contributed by atoms with Crippen LogP contribution in [-0.4, -0.2) is 57.4 Å². The van der Waals surface area contributed by atoms with Crippen LogP contribution in [0.4, 0.5) is 0 Å². The number of methoxy groups -OCH3 is 2. The first-order chi connectivity index (χ1) is 10.2. The molecule has 21 heavy (non-hydrogen) atoms. The zero-order chi connectivity index (χ0) is 15.5. The predicted molar refractivity (Wildman–Crippen MR) is 76.6 cm³/mol. The number of esters is 1. The van der Waals surface area contributed by atoms with Crippen molar-refractivity contribution in [3.63, 3.8) is 0 Å².